The fraction of sp³-hybridized carbons (Fsp3) is 0.556. The smallest absolute Gasteiger partial charge is 0.290 e. The largest absolute Gasteiger partial charge is 0.361 e. The molecule has 0 aromatic carbocycles. The molecular formula is C9H16N4O. The third-order valence-corrected chi connectivity index (χ3v) is 1.97. The summed E-state index contributed by atoms with van der Waals surface area (Å²) in [7, 11) is 0. The van der Waals surface area contributed by atoms with E-state index in [1.165, 1.54) is 6.20 Å². The zero-order valence-corrected chi connectivity index (χ0v) is 8.29. The third kappa shape index (κ3) is 2.85. The zero-order valence-electron chi connectivity index (χ0n) is 8.29. The molecule has 0 fully saturated rings. The number of rotatable bonds is 5. The second kappa shape index (κ2) is 5.39. The Hall–Kier alpha value is -1.36. The van der Waals surface area contributed by atoms with E-state index in [0.29, 0.717) is 12.4 Å². The summed E-state index contributed by atoms with van der Waals surface area (Å²) in [6.45, 7) is 2.58. The average molecular weight is 196 g/mol. The Morgan fingerprint density at radius 2 is 2.50 bits per heavy atom. The van der Waals surface area contributed by atoms with Gasteiger partial charge >= 0.3 is 0 Å². The number of nitrogens with zero attached hydrogens (tertiary/aromatic N) is 1. The molecule has 5 heteroatoms. The molecule has 1 aromatic rings. The predicted molar refractivity (Wildman–Crippen MR) is 56.2 cm³/mol. The van der Waals surface area contributed by atoms with Gasteiger partial charge in [0.25, 0.3) is 5.56 Å². The van der Waals surface area contributed by atoms with Crippen molar-refractivity contribution in [2.24, 2.45) is 5.73 Å². The number of H-pyrrole nitrogens is 1. The average Bonchev–Trinajstić information content (AvgIpc) is 2.20. The van der Waals surface area contributed by atoms with E-state index in [1.54, 1.807) is 6.20 Å². The minimum absolute atomic E-state index is 0.121. The van der Waals surface area contributed by atoms with E-state index in [4.69, 9.17) is 5.73 Å². The van der Waals surface area contributed by atoms with E-state index in [1.807, 2.05) is 0 Å². The fourth-order valence-electron chi connectivity index (χ4n) is 1.25. The highest BCUT2D eigenvalue weighted by Crippen LogP contribution is 2.01. The van der Waals surface area contributed by atoms with Crippen molar-refractivity contribution in [1.82, 2.24) is 9.97 Å². The summed E-state index contributed by atoms with van der Waals surface area (Å²) in [5.74, 6) is 0.344. The van der Waals surface area contributed by atoms with Gasteiger partial charge in [-0.1, -0.05) is 13.3 Å². The number of nitrogens with two attached hydrogens (primary N) is 1. The molecule has 0 bridgehead atoms. The van der Waals surface area contributed by atoms with Crippen LogP contribution in [0.4, 0.5) is 5.82 Å². The van der Waals surface area contributed by atoms with Crippen molar-refractivity contribution >= 4 is 5.82 Å². The number of anilines is 1. The van der Waals surface area contributed by atoms with Crippen molar-refractivity contribution in [3.05, 3.63) is 22.7 Å². The van der Waals surface area contributed by atoms with Crippen LogP contribution in [-0.4, -0.2) is 22.6 Å². The van der Waals surface area contributed by atoms with E-state index >= 15 is 0 Å². The Morgan fingerprint density at radius 3 is 3.07 bits per heavy atom. The first-order valence-corrected chi connectivity index (χ1v) is 4.78. The standard InChI is InChI=1S/C9H16N4O/c1-2-3-7(6-10)13-8-9(14)12-5-4-11-8/h4-5,7H,2-3,6,10H2,1H3,(H,11,13)(H,12,14). The van der Waals surface area contributed by atoms with Crippen molar-refractivity contribution in [3.8, 4) is 0 Å². The number of aromatic amines is 1. The molecule has 0 saturated carbocycles. The van der Waals surface area contributed by atoms with E-state index in [0.717, 1.165) is 12.8 Å². The maximum atomic E-state index is 11.3. The number of hydrogen-bond donors (Lipinski definition) is 3. The van der Waals surface area contributed by atoms with Crippen LogP contribution in [0, 0.1) is 0 Å². The summed E-state index contributed by atoms with van der Waals surface area (Å²) in [6.07, 6.45) is 5.01. The van der Waals surface area contributed by atoms with E-state index in [2.05, 4.69) is 22.2 Å². The number of nitrogens with one attached hydrogen (secondary N) is 2. The van der Waals surface area contributed by atoms with Gasteiger partial charge in [-0.2, -0.15) is 0 Å². The summed E-state index contributed by atoms with van der Waals surface area (Å²) >= 11 is 0. The van der Waals surface area contributed by atoms with Crippen LogP contribution in [0.2, 0.25) is 0 Å². The lowest BCUT2D eigenvalue weighted by Crippen LogP contribution is -2.31. The molecule has 0 aliphatic rings. The zero-order chi connectivity index (χ0) is 10.4. The molecule has 0 spiro atoms. The van der Waals surface area contributed by atoms with E-state index in [-0.39, 0.29) is 11.6 Å². The van der Waals surface area contributed by atoms with Crippen LogP contribution in [0.5, 0.6) is 0 Å². The van der Waals surface area contributed by atoms with Crippen molar-refractivity contribution in [2.45, 2.75) is 25.8 Å². The molecule has 1 heterocycles. The lowest BCUT2D eigenvalue weighted by molar-refractivity contribution is 0.644. The van der Waals surface area contributed by atoms with Crippen LogP contribution in [0.1, 0.15) is 19.8 Å². The van der Waals surface area contributed by atoms with Gasteiger partial charge in [0.1, 0.15) is 0 Å². The van der Waals surface area contributed by atoms with Gasteiger partial charge in [0.05, 0.1) is 0 Å². The predicted octanol–water partition coefficient (Wildman–Crippen LogP) is 0.309. The van der Waals surface area contributed by atoms with Gasteiger partial charge < -0.3 is 16.0 Å². The molecule has 1 atom stereocenters. The van der Waals surface area contributed by atoms with Gasteiger partial charge in [-0.3, -0.25) is 4.79 Å². The summed E-state index contributed by atoms with van der Waals surface area (Å²) in [5, 5.41) is 3.02. The SMILES string of the molecule is CCCC(CN)Nc1ncc[nH]c1=O. The molecule has 14 heavy (non-hydrogen) atoms. The molecule has 5 nitrogen and oxygen atoms in total. The van der Waals surface area contributed by atoms with Crippen molar-refractivity contribution in [2.75, 3.05) is 11.9 Å². The second-order valence-corrected chi connectivity index (χ2v) is 3.13. The molecule has 78 valence electrons. The summed E-state index contributed by atoms with van der Waals surface area (Å²) in [5.41, 5.74) is 5.35. The first kappa shape index (κ1) is 10.7. The normalized spacial score (nSPS) is 12.4. The van der Waals surface area contributed by atoms with E-state index in [9.17, 15) is 4.79 Å². The topological polar surface area (TPSA) is 83.8 Å². The van der Waals surface area contributed by atoms with Gasteiger partial charge in [-0.05, 0) is 6.42 Å². The van der Waals surface area contributed by atoms with Crippen molar-refractivity contribution in [1.29, 1.82) is 0 Å². The van der Waals surface area contributed by atoms with Gasteiger partial charge in [0.15, 0.2) is 5.82 Å². The number of aromatic nitrogens is 2. The first-order valence-electron chi connectivity index (χ1n) is 4.78. The van der Waals surface area contributed by atoms with Crippen LogP contribution in [-0.2, 0) is 0 Å². The Balaban J connectivity index is 2.67. The minimum atomic E-state index is -0.206. The summed E-state index contributed by atoms with van der Waals surface area (Å²) < 4.78 is 0. The Morgan fingerprint density at radius 1 is 1.71 bits per heavy atom. The van der Waals surface area contributed by atoms with Gasteiger partial charge in [0.2, 0.25) is 0 Å². The second-order valence-electron chi connectivity index (χ2n) is 3.13. The monoisotopic (exact) mass is 196 g/mol. The van der Waals surface area contributed by atoms with Crippen LogP contribution >= 0.6 is 0 Å². The van der Waals surface area contributed by atoms with E-state index < -0.39 is 0 Å². The molecule has 4 N–H and O–H groups in total. The molecule has 1 rings (SSSR count). The highest BCUT2D eigenvalue weighted by molar-refractivity contribution is 5.31. The Kier molecular flexibility index (Phi) is 4.12. The molecular weight excluding hydrogens is 180 g/mol. The highest BCUT2D eigenvalue weighted by atomic mass is 16.1. The van der Waals surface area contributed by atoms with Gasteiger partial charge in [-0.15, -0.1) is 0 Å². The van der Waals surface area contributed by atoms with Crippen LogP contribution in [0.25, 0.3) is 0 Å². The van der Waals surface area contributed by atoms with Crippen LogP contribution in [0.3, 0.4) is 0 Å². The molecule has 0 saturated heterocycles. The Bertz CT molecular complexity index is 323. The first-order chi connectivity index (χ1) is 6.77. The third-order valence-electron chi connectivity index (χ3n) is 1.97. The molecule has 0 radical (unpaired) electrons. The Labute approximate surface area is 82.7 Å². The molecule has 0 aliphatic heterocycles. The minimum Gasteiger partial charge on any atom is -0.361 e. The molecule has 1 unspecified atom stereocenters. The van der Waals surface area contributed by atoms with Gasteiger partial charge in [-0.25, -0.2) is 4.98 Å². The maximum Gasteiger partial charge on any atom is 0.290 e. The van der Waals surface area contributed by atoms with Crippen molar-refractivity contribution < 1.29 is 0 Å². The lowest BCUT2D eigenvalue weighted by atomic mass is 10.2. The van der Waals surface area contributed by atoms with Gasteiger partial charge in [0, 0.05) is 25.0 Å². The maximum absolute atomic E-state index is 11.3. The molecule has 0 aliphatic carbocycles. The molecule has 1 aromatic heterocycles. The summed E-state index contributed by atoms with van der Waals surface area (Å²) in [6, 6.07) is 0.121. The summed E-state index contributed by atoms with van der Waals surface area (Å²) in [4.78, 5) is 17.7. The number of hydrogen-bond acceptors (Lipinski definition) is 4. The fourth-order valence-corrected chi connectivity index (χ4v) is 1.25. The van der Waals surface area contributed by atoms with Crippen molar-refractivity contribution in [3.63, 3.8) is 0 Å². The highest BCUT2D eigenvalue weighted by Gasteiger charge is 2.07. The van der Waals surface area contributed by atoms with Crippen LogP contribution in [0.15, 0.2) is 17.2 Å². The molecule has 0 amide bonds. The lowest BCUT2D eigenvalue weighted by Gasteiger charge is -2.15. The quantitative estimate of drug-likeness (QED) is 0.632. The van der Waals surface area contributed by atoms with Crippen LogP contribution < -0.4 is 16.6 Å².